The lowest BCUT2D eigenvalue weighted by atomic mass is 10.0. The third-order valence-corrected chi connectivity index (χ3v) is 13.5. The summed E-state index contributed by atoms with van der Waals surface area (Å²) in [6, 6.07) is 0. The first kappa shape index (κ1) is 76.0. The number of carbonyl (C=O) groups excluding carboxylic acids is 3. The van der Waals surface area contributed by atoms with Crippen LogP contribution in [0.1, 0.15) is 278 Å². The van der Waals surface area contributed by atoms with E-state index >= 15 is 0 Å². The summed E-state index contributed by atoms with van der Waals surface area (Å²) in [6.07, 6.45) is 98.4. The van der Waals surface area contributed by atoms with E-state index in [0.29, 0.717) is 19.3 Å². The number of allylic oxidation sites excluding steroid dienone is 26. The third-order valence-electron chi connectivity index (χ3n) is 13.5. The highest BCUT2D eigenvalue weighted by molar-refractivity contribution is 5.71. The maximum absolute atomic E-state index is 12.9. The van der Waals surface area contributed by atoms with Gasteiger partial charge >= 0.3 is 17.9 Å². The van der Waals surface area contributed by atoms with Crippen LogP contribution in [0.25, 0.3) is 0 Å². The quantitative estimate of drug-likeness (QED) is 0.0261. The van der Waals surface area contributed by atoms with Crippen LogP contribution in [0.5, 0.6) is 0 Å². The average molecular weight is 1120 g/mol. The van der Waals surface area contributed by atoms with Crippen molar-refractivity contribution in [2.75, 3.05) is 13.2 Å². The molecule has 0 N–H and O–H groups in total. The molecular weight excluding hydrogens is 997 g/mol. The topological polar surface area (TPSA) is 78.9 Å². The zero-order valence-corrected chi connectivity index (χ0v) is 52.2. The van der Waals surface area contributed by atoms with Crippen molar-refractivity contribution in [2.24, 2.45) is 0 Å². The van der Waals surface area contributed by atoms with E-state index < -0.39 is 6.10 Å². The van der Waals surface area contributed by atoms with Crippen LogP contribution in [0, 0.1) is 0 Å². The predicted octanol–water partition coefficient (Wildman–Crippen LogP) is 22.9. The van der Waals surface area contributed by atoms with Crippen LogP contribution < -0.4 is 0 Å². The first-order valence-electron chi connectivity index (χ1n) is 33.0. The van der Waals surface area contributed by atoms with Gasteiger partial charge in [-0.25, -0.2) is 0 Å². The van der Waals surface area contributed by atoms with Gasteiger partial charge in [0.2, 0.25) is 0 Å². The molecule has 6 heteroatoms. The van der Waals surface area contributed by atoms with Gasteiger partial charge in [0, 0.05) is 19.3 Å². The number of unbranched alkanes of at least 4 members (excludes halogenated alkanes) is 21. The minimum atomic E-state index is -0.819. The minimum Gasteiger partial charge on any atom is -0.462 e. The second-order valence-corrected chi connectivity index (χ2v) is 21.2. The number of esters is 3. The maximum atomic E-state index is 12.9. The van der Waals surface area contributed by atoms with Crippen LogP contribution in [-0.2, 0) is 28.6 Å². The van der Waals surface area contributed by atoms with Gasteiger partial charge in [-0.3, -0.25) is 14.4 Å². The van der Waals surface area contributed by atoms with Crippen molar-refractivity contribution in [1.29, 1.82) is 0 Å². The molecule has 0 amide bonds. The molecule has 0 aromatic rings. The number of hydrogen-bond acceptors (Lipinski definition) is 6. The Morgan fingerprint density at radius 1 is 0.247 bits per heavy atom. The van der Waals surface area contributed by atoms with Crippen LogP contribution in [0.3, 0.4) is 0 Å². The number of rotatable bonds is 58. The Hall–Kier alpha value is -4.97. The largest absolute Gasteiger partial charge is 0.462 e. The van der Waals surface area contributed by atoms with Crippen LogP contribution in [-0.4, -0.2) is 37.2 Å². The molecule has 456 valence electrons. The molecular formula is C75H120O6. The highest BCUT2D eigenvalue weighted by Crippen LogP contribution is 2.16. The fourth-order valence-corrected chi connectivity index (χ4v) is 8.71. The summed E-state index contributed by atoms with van der Waals surface area (Å²) in [7, 11) is 0. The number of hydrogen-bond donors (Lipinski definition) is 0. The highest BCUT2D eigenvalue weighted by atomic mass is 16.6. The Labute approximate surface area is 499 Å². The Kier molecular flexibility index (Phi) is 63.4. The molecule has 6 nitrogen and oxygen atoms in total. The second-order valence-electron chi connectivity index (χ2n) is 21.2. The van der Waals surface area contributed by atoms with Crippen molar-refractivity contribution in [2.45, 2.75) is 284 Å². The molecule has 0 radical (unpaired) electrons. The van der Waals surface area contributed by atoms with E-state index in [9.17, 15) is 14.4 Å². The zero-order valence-electron chi connectivity index (χ0n) is 52.2. The summed E-state index contributed by atoms with van der Waals surface area (Å²) in [5, 5.41) is 0. The van der Waals surface area contributed by atoms with Crippen molar-refractivity contribution in [1.82, 2.24) is 0 Å². The zero-order chi connectivity index (χ0) is 58.5. The van der Waals surface area contributed by atoms with Gasteiger partial charge in [0.1, 0.15) is 13.2 Å². The minimum absolute atomic E-state index is 0.109. The lowest BCUT2D eigenvalue weighted by molar-refractivity contribution is -0.166. The van der Waals surface area contributed by atoms with Crippen LogP contribution >= 0.6 is 0 Å². The van der Waals surface area contributed by atoms with E-state index in [-0.39, 0.29) is 37.5 Å². The van der Waals surface area contributed by atoms with E-state index in [1.165, 1.54) is 103 Å². The van der Waals surface area contributed by atoms with Crippen molar-refractivity contribution >= 4 is 17.9 Å². The summed E-state index contributed by atoms with van der Waals surface area (Å²) < 4.78 is 16.9. The smallest absolute Gasteiger partial charge is 0.306 e. The van der Waals surface area contributed by atoms with Gasteiger partial charge < -0.3 is 14.2 Å². The molecule has 0 fully saturated rings. The molecule has 0 heterocycles. The lowest BCUT2D eigenvalue weighted by Crippen LogP contribution is -2.30. The lowest BCUT2D eigenvalue weighted by Gasteiger charge is -2.18. The summed E-state index contributed by atoms with van der Waals surface area (Å²) in [5.74, 6) is -1.00. The molecule has 0 aromatic heterocycles. The summed E-state index contributed by atoms with van der Waals surface area (Å²) in [5.41, 5.74) is 0. The SMILES string of the molecule is CC/C=C\C/C=C\C/C=C\C/C=C\C/C=C\CCCCCCCCCCCC(=O)OCC(COC(=O)CC/C=C\C/C=C\C/C=C\C/C=C\CC)OC(=O)CCCCCCCCCCCCCC/C=C\C/C=C\C/C=C\C/C=C\CC. The number of ether oxygens (including phenoxy) is 3. The molecule has 0 aliphatic carbocycles. The Bertz CT molecular complexity index is 1810. The van der Waals surface area contributed by atoms with Crippen molar-refractivity contribution < 1.29 is 28.6 Å². The summed E-state index contributed by atoms with van der Waals surface area (Å²) in [4.78, 5) is 38.3. The molecule has 0 bridgehead atoms. The van der Waals surface area contributed by atoms with E-state index in [4.69, 9.17) is 14.2 Å². The van der Waals surface area contributed by atoms with E-state index in [0.717, 1.165) is 128 Å². The molecule has 1 atom stereocenters. The van der Waals surface area contributed by atoms with Gasteiger partial charge in [0.05, 0.1) is 0 Å². The molecule has 0 aromatic carbocycles. The second kappa shape index (κ2) is 67.5. The molecule has 1 unspecified atom stereocenters. The van der Waals surface area contributed by atoms with E-state index in [2.05, 4.69) is 173 Å². The van der Waals surface area contributed by atoms with Gasteiger partial charge in [-0.1, -0.05) is 288 Å². The molecule has 0 rings (SSSR count). The first-order chi connectivity index (χ1) is 40.0. The van der Waals surface area contributed by atoms with Gasteiger partial charge in [-0.15, -0.1) is 0 Å². The molecule has 0 aliphatic rings. The van der Waals surface area contributed by atoms with Crippen molar-refractivity contribution in [3.8, 4) is 0 Å². The average Bonchev–Trinajstić information content (AvgIpc) is 3.46. The summed E-state index contributed by atoms with van der Waals surface area (Å²) >= 11 is 0. The van der Waals surface area contributed by atoms with Gasteiger partial charge in [-0.2, -0.15) is 0 Å². The van der Waals surface area contributed by atoms with Gasteiger partial charge in [0.25, 0.3) is 0 Å². The molecule has 0 aliphatic heterocycles. The molecule has 81 heavy (non-hydrogen) atoms. The standard InChI is InChI=1S/C75H120O6/c1-4-7-10-13-16-19-22-25-27-29-31-33-35-37-39-41-43-45-47-50-53-56-59-62-65-68-74(77)80-71-72(70-79-73(76)67-64-61-58-55-52-49-24-21-18-15-12-9-6-3)81-75(78)69-66-63-60-57-54-51-48-46-44-42-40-38-36-34-32-30-28-26-23-20-17-14-11-8-5-2/h7-12,16-21,25-28,31-34,37,39,49,52,58,61,72H,4-6,13-15,22-24,29-30,35-36,38,40-48,50-51,53-57,59-60,62-71H2,1-3H3/b10-7-,11-8-,12-9-,19-16-,20-17-,21-18-,27-25-,28-26-,33-31-,34-32-,39-37-,52-49-,61-58-. The first-order valence-corrected chi connectivity index (χ1v) is 33.0. The Morgan fingerprint density at radius 2 is 0.469 bits per heavy atom. The molecule has 0 saturated heterocycles. The maximum Gasteiger partial charge on any atom is 0.306 e. The van der Waals surface area contributed by atoms with Crippen LogP contribution in [0.2, 0.25) is 0 Å². The third kappa shape index (κ3) is 65.7. The Morgan fingerprint density at radius 3 is 0.765 bits per heavy atom. The fourth-order valence-electron chi connectivity index (χ4n) is 8.71. The monoisotopic (exact) mass is 1120 g/mol. The molecule has 0 saturated carbocycles. The van der Waals surface area contributed by atoms with Crippen LogP contribution in [0.15, 0.2) is 158 Å². The van der Waals surface area contributed by atoms with Gasteiger partial charge in [0.15, 0.2) is 6.10 Å². The number of carbonyl (C=O) groups is 3. The Balaban J connectivity index is 4.38. The van der Waals surface area contributed by atoms with E-state index in [1.807, 2.05) is 6.08 Å². The highest BCUT2D eigenvalue weighted by Gasteiger charge is 2.19. The van der Waals surface area contributed by atoms with E-state index in [1.54, 1.807) is 0 Å². The van der Waals surface area contributed by atoms with Crippen molar-refractivity contribution in [3.63, 3.8) is 0 Å². The van der Waals surface area contributed by atoms with Crippen LogP contribution in [0.4, 0.5) is 0 Å². The van der Waals surface area contributed by atoms with Gasteiger partial charge in [-0.05, 0) is 128 Å². The normalized spacial score (nSPS) is 13.2. The fraction of sp³-hybridized carbons (Fsp3) is 0.613. The molecule has 0 spiro atoms. The predicted molar refractivity (Wildman–Crippen MR) is 352 cm³/mol. The van der Waals surface area contributed by atoms with Crippen molar-refractivity contribution in [3.05, 3.63) is 158 Å². The summed E-state index contributed by atoms with van der Waals surface area (Å²) in [6.45, 7) is 6.23.